The Morgan fingerprint density at radius 2 is 2.24 bits per heavy atom. The molecular weight excluding hydrogens is 294 g/mol. The Hall–Kier alpha value is -2.15. The van der Waals surface area contributed by atoms with Crippen LogP contribution in [0.25, 0.3) is 0 Å². The summed E-state index contributed by atoms with van der Waals surface area (Å²) in [6.45, 7) is 4.56. The second-order valence-electron chi connectivity index (χ2n) is 4.88. The lowest BCUT2D eigenvalue weighted by Gasteiger charge is -2.10. The van der Waals surface area contributed by atoms with Gasteiger partial charge in [0.25, 0.3) is 5.91 Å². The van der Waals surface area contributed by atoms with Crippen molar-refractivity contribution in [2.24, 2.45) is 13.0 Å². The van der Waals surface area contributed by atoms with Gasteiger partial charge >= 0.3 is 0 Å². The molecule has 0 fully saturated rings. The fraction of sp³-hybridized carbons (Fsp3) is 0.385. The summed E-state index contributed by atoms with van der Waals surface area (Å²) in [5.41, 5.74) is 0.319. The van der Waals surface area contributed by atoms with Gasteiger partial charge in [-0.05, 0) is 12.0 Å². The standard InChI is InChI=1S/C13H16ClN5O2/c1-8(2)6-21-12-10(14)4-9(5-15-12)11(20)18-13-16-7-17-19(13)3/h4-5,7-8H,6H2,1-3H3,(H,16,17,18,20). The van der Waals surface area contributed by atoms with E-state index in [0.717, 1.165) is 0 Å². The number of hydrogen-bond acceptors (Lipinski definition) is 5. The Labute approximate surface area is 127 Å². The molecule has 0 radical (unpaired) electrons. The molecule has 0 saturated carbocycles. The number of aryl methyl sites for hydroxylation is 1. The van der Waals surface area contributed by atoms with Crippen molar-refractivity contribution in [3.8, 4) is 5.88 Å². The first-order valence-corrected chi connectivity index (χ1v) is 6.79. The van der Waals surface area contributed by atoms with Gasteiger partial charge in [0, 0.05) is 13.2 Å². The first-order chi connectivity index (χ1) is 9.97. The molecule has 7 nitrogen and oxygen atoms in total. The predicted molar refractivity (Wildman–Crippen MR) is 78.5 cm³/mol. The van der Waals surface area contributed by atoms with Gasteiger partial charge in [-0.15, -0.1) is 0 Å². The van der Waals surface area contributed by atoms with Crippen molar-refractivity contribution >= 4 is 23.5 Å². The van der Waals surface area contributed by atoms with Crippen molar-refractivity contribution in [3.63, 3.8) is 0 Å². The predicted octanol–water partition coefficient (Wildman–Crippen LogP) is 2.15. The van der Waals surface area contributed by atoms with E-state index in [1.807, 2.05) is 13.8 Å². The van der Waals surface area contributed by atoms with Gasteiger partial charge in [-0.3, -0.25) is 10.1 Å². The van der Waals surface area contributed by atoms with Gasteiger partial charge in [-0.1, -0.05) is 25.4 Å². The second-order valence-corrected chi connectivity index (χ2v) is 5.28. The number of hydrogen-bond donors (Lipinski definition) is 1. The summed E-state index contributed by atoms with van der Waals surface area (Å²) in [5, 5.41) is 6.77. The third-order valence-corrected chi connectivity index (χ3v) is 2.83. The van der Waals surface area contributed by atoms with Crippen LogP contribution in [0.3, 0.4) is 0 Å². The number of ether oxygens (including phenoxy) is 1. The Bertz CT molecular complexity index is 641. The van der Waals surface area contributed by atoms with Gasteiger partial charge < -0.3 is 4.74 Å². The molecule has 0 spiro atoms. The van der Waals surface area contributed by atoms with Gasteiger partial charge in [0.1, 0.15) is 11.3 Å². The summed E-state index contributed by atoms with van der Waals surface area (Å²) in [6, 6.07) is 1.51. The number of carbonyl (C=O) groups is 1. The SMILES string of the molecule is CC(C)COc1ncc(C(=O)Nc2ncnn2C)cc1Cl. The van der Waals surface area contributed by atoms with Crippen LogP contribution in [0.15, 0.2) is 18.6 Å². The summed E-state index contributed by atoms with van der Waals surface area (Å²) in [5.74, 6) is 0.662. The molecule has 1 N–H and O–H groups in total. The summed E-state index contributed by atoms with van der Waals surface area (Å²) in [6.07, 6.45) is 2.76. The number of amides is 1. The van der Waals surface area contributed by atoms with Crippen molar-refractivity contribution in [1.82, 2.24) is 19.7 Å². The van der Waals surface area contributed by atoms with E-state index in [0.29, 0.717) is 34.9 Å². The highest BCUT2D eigenvalue weighted by Crippen LogP contribution is 2.23. The topological polar surface area (TPSA) is 81.9 Å². The maximum Gasteiger partial charge on any atom is 0.259 e. The molecule has 112 valence electrons. The van der Waals surface area contributed by atoms with Crippen LogP contribution in [0, 0.1) is 5.92 Å². The van der Waals surface area contributed by atoms with Crippen molar-refractivity contribution in [2.75, 3.05) is 11.9 Å². The molecule has 2 aromatic rings. The van der Waals surface area contributed by atoms with E-state index in [1.165, 1.54) is 23.3 Å². The van der Waals surface area contributed by atoms with Crippen LogP contribution in [0.2, 0.25) is 5.02 Å². The lowest BCUT2D eigenvalue weighted by atomic mass is 10.2. The first-order valence-electron chi connectivity index (χ1n) is 6.41. The molecule has 21 heavy (non-hydrogen) atoms. The number of aromatic nitrogens is 4. The molecule has 0 aliphatic heterocycles. The summed E-state index contributed by atoms with van der Waals surface area (Å²) >= 11 is 6.07. The quantitative estimate of drug-likeness (QED) is 0.915. The zero-order valence-corrected chi connectivity index (χ0v) is 12.8. The average molecular weight is 310 g/mol. The highest BCUT2D eigenvalue weighted by Gasteiger charge is 2.13. The molecule has 0 atom stereocenters. The molecule has 0 unspecified atom stereocenters. The third-order valence-electron chi connectivity index (χ3n) is 2.56. The Balaban J connectivity index is 2.08. The van der Waals surface area contributed by atoms with Gasteiger partial charge in [0.15, 0.2) is 0 Å². The molecule has 0 aromatic carbocycles. The number of rotatable bonds is 5. The first kappa shape index (κ1) is 15.2. The van der Waals surface area contributed by atoms with E-state index in [9.17, 15) is 4.79 Å². The highest BCUT2D eigenvalue weighted by molar-refractivity contribution is 6.32. The molecule has 0 saturated heterocycles. The van der Waals surface area contributed by atoms with E-state index >= 15 is 0 Å². The largest absolute Gasteiger partial charge is 0.476 e. The molecule has 2 aromatic heterocycles. The van der Waals surface area contributed by atoms with Crippen molar-refractivity contribution < 1.29 is 9.53 Å². The Morgan fingerprint density at radius 3 is 2.81 bits per heavy atom. The third kappa shape index (κ3) is 3.91. The molecule has 0 aliphatic carbocycles. The van der Waals surface area contributed by atoms with Gasteiger partial charge in [0.05, 0.1) is 12.2 Å². The zero-order valence-electron chi connectivity index (χ0n) is 12.0. The second kappa shape index (κ2) is 6.53. The van der Waals surface area contributed by atoms with E-state index in [4.69, 9.17) is 16.3 Å². The molecule has 8 heteroatoms. The summed E-state index contributed by atoms with van der Waals surface area (Å²) in [4.78, 5) is 20.0. The van der Waals surface area contributed by atoms with E-state index in [2.05, 4.69) is 20.4 Å². The minimum atomic E-state index is -0.365. The van der Waals surface area contributed by atoms with Crippen molar-refractivity contribution in [2.45, 2.75) is 13.8 Å². The van der Waals surface area contributed by atoms with Crippen molar-refractivity contribution in [1.29, 1.82) is 0 Å². The molecule has 1 amide bonds. The molecule has 2 heterocycles. The van der Waals surface area contributed by atoms with Crippen LogP contribution in [0.5, 0.6) is 5.88 Å². The Kier molecular flexibility index (Phi) is 4.74. The number of nitrogens with one attached hydrogen (secondary N) is 1. The van der Waals surface area contributed by atoms with Crippen LogP contribution < -0.4 is 10.1 Å². The van der Waals surface area contributed by atoms with Crippen LogP contribution in [-0.4, -0.2) is 32.3 Å². The molecule has 2 rings (SSSR count). The van der Waals surface area contributed by atoms with Crippen LogP contribution in [-0.2, 0) is 7.05 Å². The zero-order chi connectivity index (χ0) is 15.4. The number of carbonyl (C=O) groups excluding carboxylic acids is 1. The summed E-state index contributed by atoms with van der Waals surface area (Å²) < 4.78 is 6.91. The van der Waals surface area contributed by atoms with E-state index in [1.54, 1.807) is 7.05 Å². The lowest BCUT2D eigenvalue weighted by Crippen LogP contribution is -2.16. The van der Waals surface area contributed by atoms with Crippen LogP contribution >= 0.6 is 11.6 Å². The van der Waals surface area contributed by atoms with Crippen LogP contribution in [0.1, 0.15) is 24.2 Å². The highest BCUT2D eigenvalue weighted by atomic mass is 35.5. The van der Waals surface area contributed by atoms with Gasteiger partial charge in [-0.2, -0.15) is 10.1 Å². The minimum Gasteiger partial charge on any atom is -0.476 e. The maximum atomic E-state index is 12.1. The molecule has 0 aliphatic rings. The molecule has 0 bridgehead atoms. The number of anilines is 1. The fourth-order valence-electron chi connectivity index (χ4n) is 1.48. The lowest BCUT2D eigenvalue weighted by molar-refractivity contribution is 0.102. The Morgan fingerprint density at radius 1 is 1.48 bits per heavy atom. The number of halogens is 1. The summed E-state index contributed by atoms with van der Waals surface area (Å²) in [7, 11) is 1.68. The fourth-order valence-corrected chi connectivity index (χ4v) is 1.71. The normalized spacial score (nSPS) is 10.7. The average Bonchev–Trinajstić information content (AvgIpc) is 2.82. The number of pyridine rings is 1. The number of nitrogens with zero attached hydrogens (tertiary/aromatic N) is 4. The van der Waals surface area contributed by atoms with Gasteiger partial charge in [-0.25, -0.2) is 9.67 Å². The van der Waals surface area contributed by atoms with Crippen LogP contribution in [0.4, 0.5) is 5.95 Å². The maximum absolute atomic E-state index is 12.1. The van der Waals surface area contributed by atoms with Crippen molar-refractivity contribution in [3.05, 3.63) is 29.2 Å². The van der Waals surface area contributed by atoms with Gasteiger partial charge in [0.2, 0.25) is 11.8 Å². The minimum absolute atomic E-state index is 0.293. The van der Waals surface area contributed by atoms with E-state index < -0.39 is 0 Å². The smallest absolute Gasteiger partial charge is 0.259 e. The molecular formula is C13H16ClN5O2. The van der Waals surface area contributed by atoms with E-state index in [-0.39, 0.29) is 5.91 Å². The monoisotopic (exact) mass is 309 g/mol.